The highest BCUT2D eigenvalue weighted by Gasteiger charge is 2.14. The monoisotopic (exact) mass is 276 g/mol. The number of methoxy groups -OCH3 is 1. The molecule has 110 valence electrons. The van der Waals surface area contributed by atoms with Gasteiger partial charge in [-0.15, -0.1) is 0 Å². The second-order valence-electron chi connectivity index (χ2n) is 5.14. The number of hydrogen-bond acceptors (Lipinski definition) is 4. The van der Waals surface area contributed by atoms with Crippen LogP contribution < -0.4 is 5.32 Å². The van der Waals surface area contributed by atoms with Gasteiger partial charge in [0.15, 0.2) is 5.65 Å². The van der Waals surface area contributed by atoms with Crippen molar-refractivity contribution in [2.75, 3.05) is 19.0 Å². The summed E-state index contributed by atoms with van der Waals surface area (Å²) in [6.07, 6.45) is 1.91. The molecule has 0 aliphatic rings. The maximum absolute atomic E-state index is 5.26. The maximum atomic E-state index is 5.26. The molecule has 0 spiro atoms. The van der Waals surface area contributed by atoms with Crippen molar-refractivity contribution in [3.63, 3.8) is 0 Å². The first-order valence-corrected chi connectivity index (χ1v) is 7.22. The number of anilines is 1. The molecule has 0 aliphatic heterocycles. The lowest BCUT2D eigenvalue weighted by atomic mass is 10.2. The Labute approximate surface area is 120 Å². The van der Waals surface area contributed by atoms with Crippen LogP contribution in [0.2, 0.25) is 0 Å². The van der Waals surface area contributed by atoms with Crippen LogP contribution in [-0.2, 0) is 11.2 Å². The van der Waals surface area contributed by atoms with Crippen LogP contribution in [-0.4, -0.2) is 34.4 Å². The SMILES string of the molecule is CCc1cc(N[C@@H](CC)COC)n2nc(C)c(C)c2n1. The molecule has 0 saturated carbocycles. The minimum absolute atomic E-state index is 0.278. The third kappa shape index (κ3) is 2.77. The molecule has 5 heteroatoms. The van der Waals surface area contributed by atoms with E-state index in [1.54, 1.807) is 7.11 Å². The molecule has 1 N–H and O–H groups in total. The van der Waals surface area contributed by atoms with Crippen molar-refractivity contribution in [1.82, 2.24) is 14.6 Å². The number of hydrogen-bond donors (Lipinski definition) is 1. The van der Waals surface area contributed by atoms with E-state index in [-0.39, 0.29) is 6.04 Å². The van der Waals surface area contributed by atoms with Crippen molar-refractivity contribution in [3.8, 4) is 0 Å². The van der Waals surface area contributed by atoms with Crippen LogP contribution in [0.4, 0.5) is 5.82 Å². The van der Waals surface area contributed by atoms with Crippen molar-refractivity contribution >= 4 is 11.5 Å². The Kier molecular flexibility index (Phi) is 4.60. The largest absolute Gasteiger partial charge is 0.383 e. The number of fused-ring (bicyclic) bond motifs is 1. The van der Waals surface area contributed by atoms with E-state index in [1.807, 2.05) is 11.4 Å². The molecule has 2 rings (SSSR count). The summed E-state index contributed by atoms with van der Waals surface area (Å²) in [6, 6.07) is 2.36. The Bertz CT molecular complexity index is 591. The van der Waals surface area contributed by atoms with Crippen molar-refractivity contribution < 1.29 is 4.74 Å². The molecule has 2 heterocycles. The van der Waals surface area contributed by atoms with E-state index in [0.29, 0.717) is 6.61 Å². The zero-order valence-electron chi connectivity index (χ0n) is 13.0. The smallest absolute Gasteiger partial charge is 0.160 e. The van der Waals surface area contributed by atoms with Crippen LogP contribution in [0.25, 0.3) is 5.65 Å². The quantitative estimate of drug-likeness (QED) is 0.881. The number of ether oxygens (including phenoxy) is 1. The second-order valence-corrected chi connectivity index (χ2v) is 5.14. The van der Waals surface area contributed by atoms with Gasteiger partial charge in [-0.2, -0.15) is 9.61 Å². The van der Waals surface area contributed by atoms with Gasteiger partial charge in [-0.25, -0.2) is 4.98 Å². The summed E-state index contributed by atoms with van der Waals surface area (Å²) < 4.78 is 7.16. The minimum Gasteiger partial charge on any atom is -0.383 e. The molecule has 0 bridgehead atoms. The van der Waals surface area contributed by atoms with Crippen LogP contribution in [0, 0.1) is 13.8 Å². The Morgan fingerprint density at radius 3 is 2.70 bits per heavy atom. The highest BCUT2D eigenvalue weighted by atomic mass is 16.5. The fraction of sp³-hybridized carbons (Fsp3) is 0.600. The first kappa shape index (κ1) is 14.8. The van der Waals surface area contributed by atoms with E-state index >= 15 is 0 Å². The van der Waals surface area contributed by atoms with Gasteiger partial charge >= 0.3 is 0 Å². The number of nitrogens with zero attached hydrogens (tertiary/aromatic N) is 3. The molecule has 0 amide bonds. The van der Waals surface area contributed by atoms with Gasteiger partial charge in [-0.05, 0) is 26.7 Å². The average molecular weight is 276 g/mol. The zero-order valence-corrected chi connectivity index (χ0v) is 13.0. The fourth-order valence-corrected chi connectivity index (χ4v) is 2.24. The number of aromatic nitrogens is 3. The van der Waals surface area contributed by atoms with Gasteiger partial charge in [-0.1, -0.05) is 13.8 Å². The van der Waals surface area contributed by atoms with E-state index in [0.717, 1.165) is 41.3 Å². The van der Waals surface area contributed by atoms with Crippen molar-refractivity contribution in [3.05, 3.63) is 23.0 Å². The van der Waals surface area contributed by atoms with E-state index in [4.69, 9.17) is 4.74 Å². The summed E-state index contributed by atoms with van der Waals surface area (Å²) in [5.41, 5.74) is 4.18. The third-order valence-corrected chi connectivity index (χ3v) is 3.68. The molecule has 0 radical (unpaired) electrons. The normalized spacial score (nSPS) is 12.8. The second kappa shape index (κ2) is 6.22. The molecule has 0 unspecified atom stereocenters. The molecule has 5 nitrogen and oxygen atoms in total. The molecule has 0 fully saturated rings. The van der Waals surface area contributed by atoms with Gasteiger partial charge in [0.1, 0.15) is 5.82 Å². The molecule has 0 saturated heterocycles. The zero-order chi connectivity index (χ0) is 14.7. The fourth-order valence-electron chi connectivity index (χ4n) is 2.24. The molecule has 2 aromatic rings. The summed E-state index contributed by atoms with van der Waals surface area (Å²) in [5.74, 6) is 0.993. The highest BCUT2D eigenvalue weighted by Crippen LogP contribution is 2.19. The standard InChI is InChI=1S/C15H24N4O/c1-6-12-8-14(16-13(7-2)9-20-5)19-15(17-12)10(3)11(4)18-19/h8,13,16H,6-7,9H2,1-5H3/t13-/m0/s1. The highest BCUT2D eigenvalue weighted by molar-refractivity contribution is 5.56. The lowest BCUT2D eigenvalue weighted by Gasteiger charge is -2.18. The summed E-state index contributed by atoms with van der Waals surface area (Å²) in [7, 11) is 1.73. The van der Waals surface area contributed by atoms with Gasteiger partial charge in [-0.3, -0.25) is 0 Å². The van der Waals surface area contributed by atoms with Gasteiger partial charge in [0.05, 0.1) is 18.3 Å². The van der Waals surface area contributed by atoms with Gasteiger partial charge in [0, 0.05) is 24.4 Å². The lowest BCUT2D eigenvalue weighted by molar-refractivity contribution is 0.184. The number of nitrogens with one attached hydrogen (secondary N) is 1. The predicted octanol–water partition coefficient (Wildman–Crippen LogP) is 2.75. The van der Waals surface area contributed by atoms with Gasteiger partial charge in [0.2, 0.25) is 0 Å². The molecular formula is C15H24N4O. The van der Waals surface area contributed by atoms with Crippen LogP contribution in [0.1, 0.15) is 37.2 Å². The molecule has 1 atom stereocenters. The maximum Gasteiger partial charge on any atom is 0.160 e. The van der Waals surface area contributed by atoms with Crippen molar-refractivity contribution in [2.45, 2.75) is 46.6 Å². The van der Waals surface area contributed by atoms with E-state index in [1.165, 1.54) is 0 Å². The lowest BCUT2D eigenvalue weighted by Crippen LogP contribution is -2.25. The van der Waals surface area contributed by atoms with Crippen molar-refractivity contribution in [1.29, 1.82) is 0 Å². The van der Waals surface area contributed by atoms with Gasteiger partial charge < -0.3 is 10.1 Å². The predicted molar refractivity (Wildman–Crippen MR) is 81.4 cm³/mol. The Hall–Kier alpha value is -1.62. The summed E-state index contributed by atoms with van der Waals surface area (Å²) in [4.78, 5) is 4.68. The first-order chi connectivity index (χ1) is 9.60. The number of aryl methyl sites for hydroxylation is 3. The van der Waals surface area contributed by atoms with Crippen LogP contribution >= 0.6 is 0 Å². The van der Waals surface area contributed by atoms with E-state index in [9.17, 15) is 0 Å². The molecule has 2 aromatic heterocycles. The van der Waals surface area contributed by atoms with Crippen LogP contribution in [0.3, 0.4) is 0 Å². The Morgan fingerprint density at radius 1 is 1.35 bits per heavy atom. The molecule has 0 aliphatic carbocycles. The topological polar surface area (TPSA) is 51.5 Å². The molecule has 0 aromatic carbocycles. The van der Waals surface area contributed by atoms with Crippen LogP contribution in [0.15, 0.2) is 6.07 Å². The summed E-state index contributed by atoms with van der Waals surface area (Å²) in [5, 5.41) is 8.11. The minimum atomic E-state index is 0.278. The van der Waals surface area contributed by atoms with Gasteiger partial charge in [0.25, 0.3) is 0 Å². The molecule has 20 heavy (non-hydrogen) atoms. The summed E-state index contributed by atoms with van der Waals surface area (Å²) >= 11 is 0. The number of rotatable bonds is 6. The third-order valence-electron chi connectivity index (χ3n) is 3.68. The average Bonchev–Trinajstić information content (AvgIpc) is 2.74. The molecular weight excluding hydrogens is 252 g/mol. The Balaban J connectivity index is 2.47. The van der Waals surface area contributed by atoms with Crippen molar-refractivity contribution in [2.24, 2.45) is 0 Å². The summed E-state index contributed by atoms with van der Waals surface area (Å²) in [6.45, 7) is 9.04. The first-order valence-electron chi connectivity index (χ1n) is 7.22. The van der Waals surface area contributed by atoms with E-state index < -0.39 is 0 Å². The Morgan fingerprint density at radius 2 is 2.10 bits per heavy atom. The van der Waals surface area contributed by atoms with Crippen LogP contribution in [0.5, 0.6) is 0 Å². The van der Waals surface area contributed by atoms with E-state index in [2.05, 4.69) is 42.2 Å².